The zero-order chi connectivity index (χ0) is 20.2. The summed E-state index contributed by atoms with van der Waals surface area (Å²) < 4.78 is 10.9. The van der Waals surface area contributed by atoms with E-state index in [1.165, 1.54) is 0 Å². The molecule has 0 unspecified atom stereocenters. The zero-order valence-corrected chi connectivity index (χ0v) is 16.1. The molecule has 4 aromatic rings. The minimum absolute atomic E-state index is 0.217. The van der Waals surface area contributed by atoms with Crippen LogP contribution in [-0.2, 0) is 20.7 Å². The van der Waals surface area contributed by atoms with Crippen LogP contribution in [0.4, 0.5) is 0 Å². The largest absolute Gasteiger partial charge is 0.459 e. The van der Waals surface area contributed by atoms with Crippen molar-refractivity contribution in [3.63, 3.8) is 0 Å². The number of fused-ring (bicyclic) bond motifs is 2. The highest BCUT2D eigenvalue weighted by Gasteiger charge is 2.16. The number of ether oxygens (including phenoxy) is 1. The number of rotatable bonds is 7. The van der Waals surface area contributed by atoms with Crippen LogP contribution >= 0.6 is 0 Å². The van der Waals surface area contributed by atoms with E-state index in [9.17, 15) is 9.59 Å². The van der Waals surface area contributed by atoms with Gasteiger partial charge in [-0.3, -0.25) is 9.59 Å². The number of esters is 1. The molecule has 0 radical (unpaired) electrons. The SMILES string of the molecule is C[C@@H](NC(=O)COC(=O)CCc1c[nH]c2ccccc12)c1cc2ccccc2o1. The number of aromatic amines is 1. The third kappa shape index (κ3) is 4.32. The smallest absolute Gasteiger partial charge is 0.306 e. The first-order chi connectivity index (χ1) is 14.1. The van der Waals surface area contributed by atoms with Crippen molar-refractivity contribution in [3.05, 3.63) is 72.1 Å². The maximum absolute atomic E-state index is 12.1. The predicted octanol–water partition coefficient (Wildman–Crippen LogP) is 4.27. The molecule has 0 saturated carbocycles. The highest BCUT2D eigenvalue weighted by molar-refractivity contribution is 5.84. The Balaban J connectivity index is 1.25. The van der Waals surface area contributed by atoms with Crippen molar-refractivity contribution in [1.29, 1.82) is 0 Å². The highest BCUT2D eigenvalue weighted by atomic mass is 16.5. The summed E-state index contributed by atoms with van der Waals surface area (Å²) >= 11 is 0. The minimum atomic E-state index is -0.401. The van der Waals surface area contributed by atoms with E-state index in [1.54, 1.807) is 0 Å². The molecule has 2 aromatic carbocycles. The Morgan fingerprint density at radius 3 is 2.79 bits per heavy atom. The van der Waals surface area contributed by atoms with Gasteiger partial charge in [0.05, 0.1) is 6.04 Å². The molecule has 0 fully saturated rings. The first-order valence-corrected chi connectivity index (χ1v) is 9.58. The molecule has 29 heavy (non-hydrogen) atoms. The van der Waals surface area contributed by atoms with Gasteiger partial charge in [-0.05, 0) is 37.1 Å². The Hall–Kier alpha value is -3.54. The first kappa shape index (κ1) is 18.8. The molecule has 6 heteroatoms. The monoisotopic (exact) mass is 390 g/mol. The Labute approximate surface area is 167 Å². The number of aromatic nitrogens is 1. The van der Waals surface area contributed by atoms with E-state index >= 15 is 0 Å². The summed E-state index contributed by atoms with van der Waals surface area (Å²) in [5.41, 5.74) is 2.86. The molecule has 1 amide bonds. The third-order valence-corrected chi connectivity index (χ3v) is 4.89. The summed E-state index contributed by atoms with van der Waals surface area (Å²) in [6.45, 7) is 1.52. The molecule has 0 aliphatic rings. The highest BCUT2D eigenvalue weighted by Crippen LogP contribution is 2.23. The van der Waals surface area contributed by atoms with Crippen LogP contribution in [0, 0.1) is 0 Å². The second-order valence-corrected chi connectivity index (χ2v) is 7.00. The number of H-pyrrole nitrogens is 1. The lowest BCUT2D eigenvalue weighted by Gasteiger charge is -2.11. The van der Waals surface area contributed by atoms with Crippen molar-refractivity contribution < 1.29 is 18.7 Å². The van der Waals surface area contributed by atoms with Gasteiger partial charge >= 0.3 is 5.97 Å². The van der Waals surface area contributed by atoms with Crippen molar-refractivity contribution in [1.82, 2.24) is 10.3 Å². The molecule has 0 bridgehead atoms. The summed E-state index contributed by atoms with van der Waals surface area (Å²) in [6.07, 6.45) is 2.67. The van der Waals surface area contributed by atoms with Gasteiger partial charge in [-0.15, -0.1) is 0 Å². The molecule has 2 heterocycles. The Kier molecular flexibility index (Phi) is 5.33. The van der Waals surface area contributed by atoms with Crippen LogP contribution in [0.25, 0.3) is 21.9 Å². The molecule has 0 saturated heterocycles. The molecule has 0 aliphatic heterocycles. The summed E-state index contributed by atoms with van der Waals surface area (Å²) in [7, 11) is 0. The van der Waals surface area contributed by atoms with Crippen LogP contribution in [0.3, 0.4) is 0 Å². The molecule has 6 nitrogen and oxygen atoms in total. The van der Waals surface area contributed by atoms with Crippen molar-refractivity contribution in [2.45, 2.75) is 25.8 Å². The van der Waals surface area contributed by atoms with Gasteiger partial charge in [0.1, 0.15) is 11.3 Å². The number of hydrogen-bond donors (Lipinski definition) is 2. The van der Waals surface area contributed by atoms with E-state index in [-0.39, 0.29) is 25.0 Å². The average Bonchev–Trinajstić information content (AvgIpc) is 3.35. The summed E-state index contributed by atoms with van der Waals surface area (Å²) in [6, 6.07) is 17.2. The van der Waals surface area contributed by atoms with Crippen molar-refractivity contribution in [3.8, 4) is 0 Å². The van der Waals surface area contributed by atoms with Gasteiger partial charge in [0.15, 0.2) is 6.61 Å². The van der Waals surface area contributed by atoms with Crippen molar-refractivity contribution in [2.75, 3.05) is 6.61 Å². The lowest BCUT2D eigenvalue weighted by molar-refractivity contribution is -0.148. The number of nitrogens with one attached hydrogen (secondary N) is 2. The Morgan fingerprint density at radius 2 is 1.93 bits per heavy atom. The zero-order valence-electron chi connectivity index (χ0n) is 16.1. The van der Waals surface area contributed by atoms with Gasteiger partial charge in [0.25, 0.3) is 5.91 Å². The number of amides is 1. The second kappa shape index (κ2) is 8.22. The average molecular weight is 390 g/mol. The quantitative estimate of drug-likeness (QED) is 0.462. The number of carbonyl (C=O) groups excluding carboxylic acids is 2. The molecule has 4 rings (SSSR count). The number of para-hydroxylation sites is 2. The molecule has 2 aromatic heterocycles. The van der Waals surface area contributed by atoms with Crippen LogP contribution in [0.1, 0.15) is 30.7 Å². The van der Waals surface area contributed by atoms with E-state index in [0.29, 0.717) is 12.2 Å². The van der Waals surface area contributed by atoms with Gasteiger partial charge in [-0.2, -0.15) is 0 Å². The maximum Gasteiger partial charge on any atom is 0.306 e. The van der Waals surface area contributed by atoms with E-state index in [0.717, 1.165) is 27.4 Å². The predicted molar refractivity (Wildman–Crippen MR) is 110 cm³/mol. The van der Waals surface area contributed by atoms with Crippen LogP contribution in [0.15, 0.2) is 65.2 Å². The van der Waals surface area contributed by atoms with Crippen LogP contribution in [0.2, 0.25) is 0 Å². The Bertz CT molecular complexity index is 1120. The fraction of sp³-hybridized carbons (Fsp3) is 0.217. The maximum atomic E-state index is 12.1. The number of benzene rings is 2. The summed E-state index contributed by atoms with van der Waals surface area (Å²) in [4.78, 5) is 27.3. The van der Waals surface area contributed by atoms with Gasteiger partial charge in [0, 0.05) is 28.9 Å². The normalized spacial score (nSPS) is 12.2. The minimum Gasteiger partial charge on any atom is -0.459 e. The van der Waals surface area contributed by atoms with E-state index in [2.05, 4.69) is 10.3 Å². The molecule has 0 aliphatic carbocycles. The number of furan rings is 1. The Morgan fingerprint density at radius 1 is 1.14 bits per heavy atom. The molecule has 148 valence electrons. The summed E-state index contributed by atoms with van der Waals surface area (Å²) in [5, 5.41) is 4.87. The van der Waals surface area contributed by atoms with Gasteiger partial charge in [-0.25, -0.2) is 0 Å². The lowest BCUT2D eigenvalue weighted by Crippen LogP contribution is -2.31. The van der Waals surface area contributed by atoms with Gasteiger partial charge in [-0.1, -0.05) is 36.4 Å². The molecular formula is C23H22N2O4. The number of aryl methyl sites for hydroxylation is 1. The van der Waals surface area contributed by atoms with Crippen LogP contribution in [0.5, 0.6) is 0 Å². The fourth-order valence-corrected chi connectivity index (χ4v) is 3.36. The lowest BCUT2D eigenvalue weighted by atomic mass is 10.1. The molecular weight excluding hydrogens is 368 g/mol. The van der Waals surface area contributed by atoms with Crippen LogP contribution < -0.4 is 5.32 Å². The number of carbonyl (C=O) groups is 2. The van der Waals surface area contributed by atoms with Crippen molar-refractivity contribution >= 4 is 33.7 Å². The van der Waals surface area contributed by atoms with E-state index in [4.69, 9.17) is 9.15 Å². The van der Waals surface area contributed by atoms with Crippen LogP contribution in [-0.4, -0.2) is 23.5 Å². The molecule has 2 N–H and O–H groups in total. The third-order valence-electron chi connectivity index (χ3n) is 4.89. The van der Waals surface area contributed by atoms with Gasteiger partial charge < -0.3 is 19.5 Å². The van der Waals surface area contributed by atoms with E-state index < -0.39 is 5.97 Å². The molecule has 0 spiro atoms. The molecule has 1 atom stereocenters. The van der Waals surface area contributed by atoms with Crippen molar-refractivity contribution in [2.24, 2.45) is 0 Å². The standard InChI is InChI=1S/C23H22N2O4/c1-15(21-12-16-6-2-5-9-20(16)29-21)25-22(26)14-28-23(27)11-10-17-13-24-19-8-4-3-7-18(17)19/h2-9,12-13,15,24H,10-11,14H2,1H3,(H,25,26)/t15-/m1/s1. The van der Waals surface area contributed by atoms with Gasteiger partial charge in [0.2, 0.25) is 0 Å². The summed E-state index contributed by atoms with van der Waals surface area (Å²) in [5.74, 6) is -0.106. The topological polar surface area (TPSA) is 84.3 Å². The second-order valence-electron chi connectivity index (χ2n) is 7.00. The fourth-order valence-electron chi connectivity index (χ4n) is 3.36. The van der Waals surface area contributed by atoms with E-state index in [1.807, 2.05) is 67.7 Å². The number of hydrogen-bond acceptors (Lipinski definition) is 4. The first-order valence-electron chi connectivity index (χ1n) is 9.58.